The fourth-order valence-electron chi connectivity index (χ4n) is 1.63. The van der Waals surface area contributed by atoms with E-state index in [9.17, 15) is 4.39 Å². The van der Waals surface area contributed by atoms with Gasteiger partial charge in [-0.2, -0.15) is 0 Å². The van der Waals surface area contributed by atoms with Gasteiger partial charge in [-0.3, -0.25) is 0 Å². The Kier molecular flexibility index (Phi) is 5.46. The van der Waals surface area contributed by atoms with Crippen LogP contribution in [0, 0.1) is 17.7 Å². The standard InChI is InChI=1S/C16H11Cl2FO2/c17-13-5-6-16(14(18)9-13)21-10-12-4-3-11(2-1-7-20)8-15(12)19/h3-6,8-9,20H,7,10H2. The molecule has 0 saturated heterocycles. The number of aliphatic hydroxyl groups is 1. The average molecular weight is 325 g/mol. The lowest BCUT2D eigenvalue weighted by atomic mass is 10.1. The summed E-state index contributed by atoms with van der Waals surface area (Å²) in [7, 11) is 0. The van der Waals surface area contributed by atoms with Gasteiger partial charge in [0, 0.05) is 16.1 Å². The Morgan fingerprint density at radius 2 is 1.95 bits per heavy atom. The maximum Gasteiger partial charge on any atom is 0.138 e. The Morgan fingerprint density at radius 1 is 1.14 bits per heavy atom. The second-order valence-electron chi connectivity index (χ2n) is 4.13. The van der Waals surface area contributed by atoms with Gasteiger partial charge in [-0.25, -0.2) is 4.39 Å². The molecule has 0 spiro atoms. The zero-order valence-corrected chi connectivity index (χ0v) is 12.4. The summed E-state index contributed by atoms with van der Waals surface area (Å²) < 4.78 is 19.4. The van der Waals surface area contributed by atoms with Gasteiger partial charge >= 0.3 is 0 Å². The molecule has 0 bridgehead atoms. The Morgan fingerprint density at radius 3 is 2.62 bits per heavy atom. The smallest absolute Gasteiger partial charge is 0.138 e. The minimum atomic E-state index is -0.426. The molecule has 0 aromatic heterocycles. The second-order valence-corrected chi connectivity index (χ2v) is 4.97. The first-order valence-corrected chi connectivity index (χ1v) is 6.82. The number of halogens is 3. The lowest BCUT2D eigenvalue weighted by molar-refractivity contribution is 0.300. The molecule has 0 aliphatic heterocycles. The number of ether oxygens (including phenoxy) is 1. The van der Waals surface area contributed by atoms with E-state index in [0.717, 1.165) is 0 Å². The third-order valence-electron chi connectivity index (χ3n) is 2.64. The maximum absolute atomic E-state index is 13.9. The quantitative estimate of drug-likeness (QED) is 0.863. The van der Waals surface area contributed by atoms with Crippen molar-refractivity contribution in [2.75, 3.05) is 6.61 Å². The Balaban J connectivity index is 2.09. The van der Waals surface area contributed by atoms with Crippen molar-refractivity contribution in [3.63, 3.8) is 0 Å². The van der Waals surface area contributed by atoms with Crippen molar-refractivity contribution in [2.24, 2.45) is 0 Å². The molecule has 0 fully saturated rings. The molecule has 0 amide bonds. The van der Waals surface area contributed by atoms with Crippen molar-refractivity contribution < 1.29 is 14.2 Å². The van der Waals surface area contributed by atoms with Gasteiger partial charge < -0.3 is 9.84 Å². The van der Waals surface area contributed by atoms with Gasteiger partial charge in [-0.05, 0) is 30.3 Å². The predicted molar refractivity (Wildman–Crippen MR) is 81.2 cm³/mol. The first-order chi connectivity index (χ1) is 10.1. The number of benzene rings is 2. The van der Waals surface area contributed by atoms with Crippen molar-refractivity contribution in [2.45, 2.75) is 6.61 Å². The molecule has 1 N–H and O–H groups in total. The monoisotopic (exact) mass is 324 g/mol. The minimum Gasteiger partial charge on any atom is -0.487 e. The van der Waals surface area contributed by atoms with Crippen LogP contribution in [0.3, 0.4) is 0 Å². The predicted octanol–water partition coefficient (Wildman–Crippen LogP) is 4.06. The average Bonchev–Trinajstić information content (AvgIpc) is 2.45. The summed E-state index contributed by atoms with van der Waals surface area (Å²) in [5.74, 6) is 5.10. The summed E-state index contributed by atoms with van der Waals surface area (Å²) in [6.45, 7) is -0.220. The molecule has 0 aliphatic carbocycles. The van der Waals surface area contributed by atoms with E-state index in [0.29, 0.717) is 26.9 Å². The molecule has 0 radical (unpaired) electrons. The first kappa shape index (κ1) is 15.7. The summed E-state index contributed by atoms with van der Waals surface area (Å²) >= 11 is 11.8. The Bertz CT molecular complexity index is 705. The molecule has 0 atom stereocenters. The van der Waals surface area contributed by atoms with Crippen LogP contribution in [-0.2, 0) is 6.61 Å². The highest BCUT2D eigenvalue weighted by Gasteiger charge is 2.06. The first-order valence-electron chi connectivity index (χ1n) is 6.06. The number of aliphatic hydroxyl groups excluding tert-OH is 1. The van der Waals surface area contributed by atoms with Crippen LogP contribution < -0.4 is 4.74 Å². The van der Waals surface area contributed by atoms with Crippen LogP contribution in [0.2, 0.25) is 10.0 Å². The minimum absolute atomic E-state index is 0.0426. The van der Waals surface area contributed by atoms with Gasteiger partial charge in [0.25, 0.3) is 0 Å². The molecule has 0 aliphatic rings. The molecule has 2 nitrogen and oxygen atoms in total. The van der Waals surface area contributed by atoms with Gasteiger partial charge in [0.15, 0.2) is 0 Å². The molecule has 2 rings (SSSR count). The molecular formula is C16H11Cl2FO2. The van der Waals surface area contributed by atoms with Crippen molar-refractivity contribution in [1.29, 1.82) is 0 Å². The molecule has 2 aromatic carbocycles. The van der Waals surface area contributed by atoms with Crippen LogP contribution in [0.15, 0.2) is 36.4 Å². The normalized spacial score (nSPS) is 9.90. The van der Waals surface area contributed by atoms with E-state index in [1.54, 1.807) is 30.3 Å². The highest BCUT2D eigenvalue weighted by Crippen LogP contribution is 2.28. The van der Waals surface area contributed by atoms with E-state index in [-0.39, 0.29) is 13.2 Å². The zero-order valence-electron chi connectivity index (χ0n) is 10.9. The fourth-order valence-corrected chi connectivity index (χ4v) is 2.09. The summed E-state index contributed by atoms with van der Waals surface area (Å²) in [5.41, 5.74) is 0.880. The number of hydrogen-bond donors (Lipinski definition) is 1. The van der Waals surface area contributed by atoms with Crippen molar-refractivity contribution in [1.82, 2.24) is 0 Å². The number of hydrogen-bond acceptors (Lipinski definition) is 2. The third kappa shape index (κ3) is 4.37. The van der Waals surface area contributed by atoms with Crippen LogP contribution in [0.1, 0.15) is 11.1 Å². The van der Waals surface area contributed by atoms with Crippen LogP contribution in [0.4, 0.5) is 4.39 Å². The van der Waals surface area contributed by atoms with Crippen molar-refractivity contribution in [3.8, 4) is 17.6 Å². The topological polar surface area (TPSA) is 29.5 Å². The number of rotatable bonds is 3. The largest absolute Gasteiger partial charge is 0.487 e. The molecule has 5 heteroatoms. The van der Waals surface area contributed by atoms with Crippen LogP contribution in [0.5, 0.6) is 5.75 Å². The van der Waals surface area contributed by atoms with Crippen LogP contribution in [-0.4, -0.2) is 11.7 Å². The van der Waals surface area contributed by atoms with E-state index >= 15 is 0 Å². The second kappa shape index (κ2) is 7.33. The van der Waals surface area contributed by atoms with E-state index in [1.807, 2.05) is 0 Å². The fraction of sp³-hybridized carbons (Fsp3) is 0.125. The highest BCUT2D eigenvalue weighted by atomic mass is 35.5. The van der Waals surface area contributed by atoms with Crippen LogP contribution >= 0.6 is 23.2 Å². The summed E-state index contributed by atoms with van der Waals surface area (Å²) in [4.78, 5) is 0. The summed E-state index contributed by atoms with van der Waals surface area (Å²) in [6, 6.07) is 9.37. The molecular weight excluding hydrogens is 314 g/mol. The van der Waals surface area contributed by atoms with Gasteiger partial charge in [-0.15, -0.1) is 0 Å². The molecule has 0 saturated carbocycles. The lowest BCUT2D eigenvalue weighted by Crippen LogP contribution is -1.99. The summed E-state index contributed by atoms with van der Waals surface area (Å²) in [6.07, 6.45) is 0. The summed E-state index contributed by atoms with van der Waals surface area (Å²) in [5, 5.41) is 9.47. The Hall–Kier alpha value is -1.73. The maximum atomic E-state index is 13.9. The van der Waals surface area contributed by atoms with Gasteiger partial charge in [0.05, 0.1) is 5.02 Å². The molecule has 21 heavy (non-hydrogen) atoms. The SMILES string of the molecule is OCC#Cc1ccc(COc2ccc(Cl)cc2Cl)c(F)c1. The third-order valence-corrected chi connectivity index (χ3v) is 3.17. The highest BCUT2D eigenvalue weighted by molar-refractivity contribution is 6.35. The van der Waals surface area contributed by atoms with Gasteiger partial charge in [0.2, 0.25) is 0 Å². The van der Waals surface area contributed by atoms with Crippen LogP contribution in [0.25, 0.3) is 0 Å². The lowest BCUT2D eigenvalue weighted by Gasteiger charge is -2.09. The zero-order chi connectivity index (χ0) is 15.2. The van der Waals surface area contributed by atoms with Gasteiger partial charge in [0.1, 0.15) is 24.8 Å². The van der Waals surface area contributed by atoms with Crippen molar-refractivity contribution in [3.05, 3.63) is 63.4 Å². The van der Waals surface area contributed by atoms with E-state index in [1.165, 1.54) is 6.07 Å². The van der Waals surface area contributed by atoms with E-state index < -0.39 is 5.82 Å². The molecule has 0 unspecified atom stereocenters. The van der Waals surface area contributed by atoms with E-state index in [4.69, 9.17) is 33.0 Å². The Labute approximate surface area is 132 Å². The van der Waals surface area contributed by atoms with Gasteiger partial charge in [-0.1, -0.05) is 41.1 Å². The van der Waals surface area contributed by atoms with Crippen molar-refractivity contribution >= 4 is 23.2 Å². The van der Waals surface area contributed by atoms with E-state index in [2.05, 4.69) is 11.8 Å². The molecule has 0 heterocycles. The molecule has 108 valence electrons. The molecule has 2 aromatic rings.